The average molecular weight is 220 g/mol. The van der Waals surface area contributed by atoms with Crippen LogP contribution < -0.4 is 5.32 Å². The molecule has 0 rings (SSSR count). The van der Waals surface area contributed by atoms with Crippen molar-refractivity contribution in [3.8, 4) is 0 Å². The number of alkyl halides is 1. The van der Waals surface area contributed by atoms with Crippen molar-refractivity contribution in [3.05, 3.63) is 0 Å². The highest BCUT2D eigenvalue weighted by atomic mass is 35.5. The maximum atomic E-state index is 5.61. The van der Waals surface area contributed by atoms with Gasteiger partial charge in [0, 0.05) is 5.88 Å². The van der Waals surface area contributed by atoms with Gasteiger partial charge < -0.3 is 5.32 Å². The number of unbranched alkanes of at least 4 members (excludes halogenated alkanes) is 3. The average Bonchev–Trinajstić information content (AvgIpc) is 2.22. The second kappa shape index (κ2) is 11.3. The molecule has 0 unspecified atom stereocenters. The van der Waals surface area contributed by atoms with Crippen LogP contribution >= 0.6 is 11.6 Å². The first-order valence-corrected chi connectivity index (χ1v) is 6.65. The molecule has 0 bridgehead atoms. The summed E-state index contributed by atoms with van der Waals surface area (Å²) in [6.45, 7) is 6.92. The molecule has 0 heterocycles. The highest BCUT2D eigenvalue weighted by Crippen LogP contribution is 2.05. The van der Waals surface area contributed by atoms with Gasteiger partial charge in [0.1, 0.15) is 0 Å². The molecule has 1 nitrogen and oxygen atoms in total. The molecular formula is C12H26ClN. The first kappa shape index (κ1) is 14.2. The summed E-state index contributed by atoms with van der Waals surface area (Å²) in [6, 6.07) is 0. The van der Waals surface area contributed by atoms with Gasteiger partial charge >= 0.3 is 0 Å². The van der Waals surface area contributed by atoms with Crippen molar-refractivity contribution in [2.24, 2.45) is 5.92 Å². The zero-order valence-electron chi connectivity index (χ0n) is 9.82. The van der Waals surface area contributed by atoms with Crippen LogP contribution in [0.15, 0.2) is 0 Å². The standard InChI is InChI=1S/C12H26ClN/c1-3-12(4-2)11-14-10-8-6-5-7-9-13/h12,14H,3-11H2,1-2H3. The SMILES string of the molecule is CCC(CC)CNCCCCCCCl. The molecule has 1 N–H and O–H groups in total. The van der Waals surface area contributed by atoms with Crippen LogP contribution in [-0.2, 0) is 0 Å². The molecule has 0 saturated heterocycles. The summed E-state index contributed by atoms with van der Waals surface area (Å²) in [5, 5.41) is 3.53. The van der Waals surface area contributed by atoms with E-state index in [1.807, 2.05) is 0 Å². The Labute approximate surface area is 94.6 Å². The van der Waals surface area contributed by atoms with Gasteiger partial charge in [-0.3, -0.25) is 0 Å². The van der Waals surface area contributed by atoms with Crippen LogP contribution in [0.1, 0.15) is 52.4 Å². The summed E-state index contributed by atoms with van der Waals surface area (Å²) in [5.41, 5.74) is 0. The molecule has 0 fully saturated rings. The fourth-order valence-corrected chi connectivity index (χ4v) is 1.77. The molecule has 0 saturated carbocycles. The Hall–Kier alpha value is 0.250. The molecule has 0 aliphatic heterocycles. The van der Waals surface area contributed by atoms with Crippen molar-refractivity contribution in [3.63, 3.8) is 0 Å². The zero-order chi connectivity index (χ0) is 10.6. The molecular weight excluding hydrogens is 194 g/mol. The first-order valence-electron chi connectivity index (χ1n) is 6.11. The number of nitrogens with one attached hydrogen (secondary N) is 1. The fraction of sp³-hybridized carbons (Fsp3) is 1.00. The monoisotopic (exact) mass is 219 g/mol. The van der Waals surface area contributed by atoms with Crippen LogP contribution in [0.5, 0.6) is 0 Å². The number of hydrogen-bond acceptors (Lipinski definition) is 1. The van der Waals surface area contributed by atoms with Crippen LogP contribution in [0.3, 0.4) is 0 Å². The van der Waals surface area contributed by atoms with Crippen LogP contribution in [0.25, 0.3) is 0 Å². The van der Waals surface area contributed by atoms with Crippen LogP contribution in [0, 0.1) is 5.92 Å². The lowest BCUT2D eigenvalue weighted by Gasteiger charge is -2.12. The minimum Gasteiger partial charge on any atom is -0.316 e. The molecule has 0 aliphatic rings. The Morgan fingerprint density at radius 1 is 1.00 bits per heavy atom. The first-order chi connectivity index (χ1) is 6.85. The van der Waals surface area contributed by atoms with Crippen molar-refractivity contribution in [1.29, 1.82) is 0 Å². The van der Waals surface area contributed by atoms with Gasteiger partial charge in [0.05, 0.1) is 0 Å². The van der Waals surface area contributed by atoms with E-state index >= 15 is 0 Å². The van der Waals surface area contributed by atoms with E-state index in [2.05, 4.69) is 19.2 Å². The van der Waals surface area contributed by atoms with E-state index in [0.717, 1.165) is 11.8 Å². The minimum absolute atomic E-state index is 0.821. The van der Waals surface area contributed by atoms with Crippen molar-refractivity contribution in [2.75, 3.05) is 19.0 Å². The Kier molecular flexibility index (Phi) is 11.5. The van der Waals surface area contributed by atoms with Crippen molar-refractivity contribution >= 4 is 11.6 Å². The van der Waals surface area contributed by atoms with Crippen molar-refractivity contribution in [1.82, 2.24) is 5.32 Å². The number of rotatable bonds is 10. The van der Waals surface area contributed by atoms with Gasteiger partial charge in [0.2, 0.25) is 0 Å². The third kappa shape index (κ3) is 8.83. The number of halogens is 1. The van der Waals surface area contributed by atoms with Crippen molar-refractivity contribution in [2.45, 2.75) is 52.4 Å². The lowest BCUT2D eigenvalue weighted by molar-refractivity contribution is 0.444. The van der Waals surface area contributed by atoms with E-state index in [1.165, 1.54) is 51.6 Å². The second-order valence-corrected chi connectivity index (χ2v) is 4.37. The van der Waals surface area contributed by atoms with Crippen LogP contribution in [0.2, 0.25) is 0 Å². The molecule has 0 atom stereocenters. The van der Waals surface area contributed by atoms with Gasteiger partial charge in [0.25, 0.3) is 0 Å². The van der Waals surface area contributed by atoms with E-state index in [1.54, 1.807) is 0 Å². The molecule has 0 aromatic carbocycles. The lowest BCUT2D eigenvalue weighted by Crippen LogP contribution is -2.23. The quantitative estimate of drug-likeness (QED) is 0.435. The van der Waals surface area contributed by atoms with Gasteiger partial charge in [-0.05, 0) is 31.8 Å². The highest BCUT2D eigenvalue weighted by molar-refractivity contribution is 6.17. The Bertz CT molecular complexity index is 102. The van der Waals surface area contributed by atoms with Crippen LogP contribution in [-0.4, -0.2) is 19.0 Å². The predicted molar refractivity (Wildman–Crippen MR) is 66.1 cm³/mol. The maximum absolute atomic E-state index is 5.61. The normalized spacial score (nSPS) is 11.1. The second-order valence-electron chi connectivity index (χ2n) is 3.99. The summed E-state index contributed by atoms with van der Waals surface area (Å²) >= 11 is 5.61. The summed E-state index contributed by atoms with van der Waals surface area (Å²) in [5.74, 6) is 1.69. The maximum Gasteiger partial charge on any atom is 0.0223 e. The molecule has 0 aromatic rings. The summed E-state index contributed by atoms with van der Waals surface area (Å²) < 4.78 is 0. The Balaban J connectivity index is 3.04. The summed E-state index contributed by atoms with van der Waals surface area (Å²) in [7, 11) is 0. The Morgan fingerprint density at radius 2 is 1.64 bits per heavy atom. The van der Waals surface area contributed by atoms with Gasteiger partial charge in [-0.15, -0.1) is 11.6 Å². The van der Waals surface area contributed by atoms with Gasteiger partial charge in [-0.2, -0.15) is 0 Å². The van der Waals surface area contributed by atoms with Gasteiger partial charge in [-0.25, -0.2) is 0 Å². The molecule has 0 aromatic heterocycles. The summed E-state index contributed by atoms with van der Waals surface area (Å²) in [6.07, 6.45) is 7.69. The smallest absolute Gasteiger partial charge is 0.0223 e. The molecule has 14 heavy (non-hydrogen) atoms. The van der Waals surface area contributed by atoms with E-state index in [-0.39, 0.29) is 0 Å². The third-order valence-corrected chi connectivity index (χ3v) is 3.09. The molecule has 0 spiro atoms. The minimum atomic E-state index is 0.821. The lowest BCUT2D eigenvalue weighted by atomic mass is 10.0. The molecule has 0 amide bonds. The highest BCUT2D eigenvalue weighted by Gasteiger charge is 2.01. The topological polar surface area (TPSA) is 12.0 Å². The van der Waals surface area contributed by atoms with E-state index < -0.39 is 0 Å². The third-order valence-electron chi connectivity index (χ3n) is 2.82. The van der Waals surface area contributed by atoms with Gasteiger partial charge in [-0.1, -0.05) is 39.5 Å². The largest absolute Gasteiger partial charge is 0.316 e. The molecule has 0 radical (unpaired) electrons. The predicted octanol–water partition coefficient (Wildman–Crippen LogP) is 3.81. The molecule has 86 valence electrons. The van der Waals surface area contributed by atoms with Gasteiger partial charge in [0.15, 0.2) is 0 Å². The molecule has 2 heteroatoms. The summed E-state index contributed by atoms with van der Waals surface area (Å²) in [4.78, 5) is 0. The van der Waals surface area contributed by atoms with E-state index in [9.17, 15) is 0 Å². The number of hydrogen-bond donors (Lipinski definition) is 1. The van der Waals surface area contributed by atoms with E-state index in [4.69, 9.17) is 11.6 Å². The van der Waals surface area contributed by atoms with Crippen LogP contribution in [0.4, 0.5) is 0 Å². The molecule has 0 aliphatic carbocycles. The van der Waals surface area contributed by atoms with Crippen molar-refractivity contribution < 1.29 is 0 Å². The van der Waals surface area contributed by atoms with E-state index in [0.29, 0.717) is 0 Å². The zero-order valence-corrected chi connectivity index (χ0v) is 10.6. The Morgan fingerprint density at radius 3 is 2.21 bits per heavy atom. The fourth-order valence-electron chi connectivity index (χ4n) is 1.58.